The molecule has 1 aliphatic heterocycles. The lowest BCUT2D eigenvalue weighted by Crippen LogP contribution is -2.33. The first kappa shape index (κ1) is 15.9. The summed E-state index contributed by atoms with van der Waals surface area (Å²) in [7, 11) is 0. The topological polar surface area (TPSA) is 66.8 Å². The van der Waals surface area contributed by atoms with Crippen molar-refractivity contribution >= 4 is 22.3 Å². The van der Waals surface area contributed by atoms with Crippen LogP contribution in [-0.4, -0.2) is 37.7 Å². The molecule has 0 amide bonds. The van der Waals surface area contributed by atoms with Gasteiger partial charge in [-0.1, -0.05) is 24.2 Å². The standard InChI is InChI=1S/C17H24N6S/c1-11-18-14(10-16(19-11)20-17-22-21-12(2)24-17)15-8-5-9-23(15)13-6-3-4-7-13/h10,13,15H,3-9H2,1-2H3,(H,18,19,20,22)/t15-/m0/s1. The quantitative estimate of drug-likeness (QED) is 0.911. The van der Waals surface area contributed by atoms with E-state index in [0.717, 1.165) is 33.5 Å². The predicted molar refractivity (Wildman–Crippen MR) is 95.6 cm³/mol. The van der Waals surface area contributed by atoms with Crippen LogP contribution in [0.5, 0.6) is 0 Å². The van der Waals surface area contributed by atoms with Crippen LogP contribution in [0.4, 0.5) is 10.9 Å². The lowest BCUT2D eigenvalue weighted by molar-refractivity contribution is 0.179. The van der Waals surface area contributed by atoms with Crippen molar-refractivity contribution in [3.05, 3.63) is 22.6 Å². The van der Waals surface area contributed by atoms with Crippen molar-refractivity contribution in [2.24, 2.45) is 0 Å². The predicted octanol–water partition coefficient (Wildman–Crippen LogP) is 3.77. The summed E-state index contributed by atoms with van der Waals surface area (Å²) >= 11 is 1.54. The van der Waals surface area contributed by atoms with E-state index in [2.05, 4.69) is 31.5 Å². The zero-order chi connectivity index (χ0) is 16.5. The van der Waals surface area contributed by atoms with E-state index in [1.807, 2.05) is 13.8 Å². The molecule has 4 rings (SSSR count). The maximum Gasteiger partial charge on any atom is 0.211 e. The zero-order valence-electron chi connectivity index (χ0n) is 14.3. The highest BCUT2D eigenvalue weighted by Gasteiger charge is 2.34. The van der Waals surface area contributed by atoms with Gasteiger partial charge < -0.3 is 5.32 Å². The second-order valence-electron chi connectivity index (χ2n) is 6.81. The third-order valence-electron chi connectivity index (χ3n) is 5.05. The fourth-order valence-electron chi connectivity index (χ4n) is 4.06. The number of hydrogen-bond donors (Lipinski definition) is 1. The third kappa shape index (κ3) is 3.28. The number of rotatable bonds is 4. The van der Waals surface area contributed by atoms with Crippen LogP contribution in [0, 0.1) is 13.8 Å². The second-order valence-corrected chi connectivity index (χ2v) is 7.99. The van der Waals surface area contributed by atoms with E-state index in [1.165, 1.54) is 45.1 Å². The molecule has 24 heavy (non-hydrogen) atoms. The van der Waals surface area contributed by atoms with Gasteiger partial charge in [-0.2, -0.15) is 0 Å². The van der Waals surface area contributed by atoms with Gasteiger partial charge in [-0.3, -0.25) is 4.90 Å². The van der Waals surface area contributed by atoms with E-state index in [0.29, 0.717) is 6.04 Å². The van der Waals surface area contributed by atoms with Gasteiger partial charge >= 0.3 is 0 Å². The van der Waals surface area contributed by atoms with Crippen LogP contribution in [0.1, 0.15) is 61.1 Å². The zero-order valence-corrected chi connectivity index (χ0v) is 15.1. The van der Waals surface area contributed by atoms with Crippen LogP contribution in [0.2, 0.25) is 0 Å². The van der Waals surface area contributed by atoms with Gasteiger partial charge in [0.15, 0.2) is 0 Å². The van der Waals surface area contributed by atoms with Crippen molar-refractivity contribution in [2.75, 3.05) is 11.9 Å². The van der Waals surface area contributed by atoms with Gasteiger partial charge in [0.1, 0.15) is 16.6 Å². The minimum Gasteiger partial charge on any atom is -0.315 e. The van der Waals surface area contributed by atoms with Gasteiger partial charge in [-0.25, -0.2) is 9.97 Å². The van der Waals surface area contributed by atoms with Crippen LogP contribution in [0.25, 0.3) is 0 Å². The summed E-state index contributed by atoms with van der Waals surface area (Å²) in [4.78, 5) is 12.0. The molecular weight excluding hydrogens is 320 g/mol. The van der Waals surface area contributed by atoms with Gasteiger partial charge in [0, 0.05) is 12.1 Å². The van der Waals surface area contributed by atoms with Crippen LogP contribution in [0.15, 0.2) is 6.07 Å². The lowest BCUT2D eigenvalue weighted by atomic mass is 10.1. The fraction of sp³-hybridized carbons (Fsp3) is 0.647. The first-order valence-corrected chi connectivity index (χ1v) is 9.69. The monoisotopic (exact) mass is 344 g/mol. The van der Waals surface area contributed by atoms with Gasteiger partial charge in [-0.05, 0) is 46.1 Å². The highest BCUT2D eigenvalue weighted by atomic mass is 32.1. The highest BCUT2D eigenvalue weighted by Crippen LogP contribution is 2.38. The summed E-state index contributed by atoms with van der Waals surface area (Å²) in [6.07, 6.45) is 7.90. The summed E-state index contributed by atoms with van der Waals surface area (Å²) < 4.78 is 0. The summed E-state index contributed by atoms with van der Waals surface area (Å²) in [6.45, 7) is 5.13. The minimum absolute atomic E-state index is 0.437. The molecule has 0 radical (unpaired) electrons. The van der Waals surface area contributed by atoms with Crippen molar-refractivity contribution in [1.29, 1.82) is 0 Å². The molecule has 2 aromatic heterocycles. The Labute approximate surface area is 146 Å². The molecule has 2 fully saturated rings. The van der Waals surface area contributed by atoms with E-state index in [4.69, 9.17) is 4.98 Å². The summed E-state index contributed by atoms with van der Waals surface area (Å²) in [5, 5.41) is 13.2. The van der Waals surface area contributed by atoms with Crippen LogP contribution < -0.4 is 5.32 Å². The smallest absolute Gasteiger partial charge is 0.211 e. The maximum absolute atomic E-state index is 4.76. The van der Waals surface area contributed by atoms with Crippen LogP contribution >= 0.6 is 11.3 Å². The number of likely N-dealkylation sites (tertiary alicyclic amines) is 1. The second kappa shape index (κ2) is 6.72. The number of aromatic nitrogens is 4. The fourth-order valence-corrected chi connectivity index (χ4v) is 4.66. The van der Waals surface area contributed by atoms with Gasteiger partial charge in [0.05, 0.1) is 11.7 Å². The molecule has 0 spiro atoms. The number of nitrogens with zero attached hydrogens (tertiary/aromatic N) is 5. The van der Waals surface area contributed by atoms with E-state index >= 15 is 0 Å². The normalized spacial score (nSPS) is 22.3. The van der Waals surface area contributed by atoms with E-state index in [9.17, 15) is 0 Å². The van der Waals surface area contributed by atoms with Gasteiger partial charge in [0.2, 0.25) is 5.13 Å². The Balaban J connectivity index is 1.58. The third-order valence-corrected chi connectivity index (χ3v) is 5.80. The number of hydrogen-bond acceptors (Lipinski definition) is 7. The lowest BCUT2D eigenvalue weighted by Gasteiger charge is -2.30. The van der Waals surface area contributed by atoms with Crippen molar-refractivity contribution in [3.63, 3.8) is 0 Å². The molecule has 0 bridgehead atoms. The molecule has 2 aromatic rings. The molecule has 1 saturated carbocycles. The molecule has 3 heterocycles. The SMILES string of the molecule is Cc1nc(Nc2nnc(C)s2)cc([C@@H]2CCCN2C2CCCC2)n1. The number of aryl methyl sites for hydroxylation is 2. The van der Waals surface area contributed by atoms with Crippen molar-refractivity contribution in [3.8, 4) is 0 Å². The van der Waals surface area contributed by atoms with Crippen molar-refractivity contribution in [1.82, 2.24) is 25.1 Å². The van der Waals surface area contributed by atoms with Crippen LogP contribution in [-0.2, 0) is 0 Å². The molecular formula is C17H24N6S. The summed E-state index contributed by atoms with van der Waals surface area (Å²) in [5.74, 6) is 1.64. The van der Waals surface area contributed by atoms with Gasteiger partial charge in [-0.15, -0.1) is 10.2 Å². The van der Waals surface area contributed by atoms with Crippen molar-refractivity contribution in [2.45, 2.75) is 64.5 Å². The van der Waals surface area contributed by atoms with E-state index in [1.54, 1.807) is 11.3 Å². The Bertz CT molecular complexity index is 709. The van der Waals surface area contributed by atoms with Gasteiger partial charge in [0.25, 0.3) is 0 Å². The first-order valence-electron chi connectivity index (χ1n) is 8.87. The van der Waals surface area contributed by atoms with Crippen molar-refractivity contribution < 1.29 is 0 Å². The molecule has 1 N–H and O–H groups in total. The maximum atomic E-state index is 4.76. The van der Waals surface area contributed by atoms with E-state index < -0.39 is 0 Å². The molecule has 7 heteroatoms. The molecule has 6 nitrogen and oxygen atoms in total. The largest absolute Gasteiger partial charge is 0.315 e. The molecule has 1 aliphatic carbocycles. The average molecular weight is 344 g/mol. The Morgan fingerprint density at radius 3 is 2.67 bits per heavy atom. The Kier molecular flexibility index (Phi) is 4.45. The summed E-state index contributed by atoms with van der Waals surface area (Å²) in [5.41, 5.74) is 1.15. The highest BCUT2D eigenvalue weighted by molar-refractivity contribution is 7.15. The minimum atomic E-state index is 0.437. The Morgan fingerprint density at radius 2 is 1.92 bits per heavy atom. The summed E-state index contributed by atoms with van der Waals surface area (Å²) in [6, 6.07) is 3.28. The average Bonchev–Trinajstić information content (AvgIpc) is 3.27. The van der Waals surface area contributed by atoms with Crippen LogP contribution in [0.3, 0.4) is 0 Å². The first-order chi connectivity index (χ1) is 11.7. The molecule has 128 valence electrons. The molecule has 1 saturated heterocycles. The Morgan fingerprint density at radius 1 is 1.08 bits per heavy atom. The molecule has 1 atom stereocenters. The number of nitrogens with one attached hydrogen (secondary N) is 1. The molecule has 0 unspecified atom stereocenters. The Hall–Kier alpha value is -1.60. The van der Waals surface area contributed by atoms with E-state index in [-0.39, 0.29) is 0 Å². The molecule has 2 aliphatic rings. The number of anilines is 2. The molecule has 0 aromatic carbocycles.